The van der Waals surface area contributed by atoms with Gasteiger partial charge in [-0.05, 0) is 12.1 Å². The smallest absolute Gasteiger partial charge is 0.237 e. The minimum atomic E-state index is -0.143. The molecule has 2 aromatic carbocycles. The summed E-state index contributed by atoms with van der Waals surface area (Å²) in [5, 5.41) is 16.5. The van der Waals surface area contributed by atoms with Gasteiger partial charge in [0, 0.05) is 12.1 Å². The number of nitrogens with zero attached hydrogens (tertiary/aromatic N) is 4. The highest BCUT2D eigenvalue weighted by Gasteiger charge is 2.20. The third-order valence-corrected chi connectivity index (χ3v) is 4.79. The number of methoxy groups -OCH3 is 1. The molecule has 0 spiro atoms. The van der Waals surface area contributed by atoms with Crippen molar-refractivity contribution < 1.29 is 9.53 Å². The molecule has 8 heteroatoms. The fraction of sp³-hybridized carbons (Fsp3) is 0.200. The first-order chi connectivity index (χ1) is 13.7. The van der Waals surface area contributed by atoms with Crippen LogP contribution < -0.4 is 9.64 Å². The highest BCUT2D eigenvalue weighted by molar-refractivity contribution is 7.99. The van der Waals surface area contributed by atoms with Crippen LogP contribution in [0.1, 0.15) is 6.42 Å². The van der Waals surface area contributed by atoms with Gasteiger partial charge in [0.05, 0.1) is 31.0 Å². The van der Waals surface area contributed by atoms with Gasteiger partial charge in [0.1, 0.15) is 5.75 Å². The van der Waals surface area contributed by atoms with E-state index >= 15 is 0 Å². The summed E-state index contributed by atoms with van der Waals surface area (Å²) in [4.78, 5) is 18.8. The molecule has 0 aliphatic rings. The third-order valence-electron chi connectivity index (χ3n) is 3.96. The Kier molecular flexibility index (Phi) is 6.65. The topological polar surface area (TPSA) is 94.9 Å². The molecule has 1 amide bonds. The minimum absolute atomic E-state index is 0.143. The van der Waals surface area contributed by atoms with E-state index in [0.29, 0.717) is 29.0 Å². The van der Waals surface area contributed by atoms with Crippen LogP contribution in [0.5, 0.6) is 5.75 Å². The van der Waals surface area contributed by atoms with Crippen LogP contribution in [0.3, 0.4) is 0 Å². The van der Waals surface area contributed by atoms with Crippen molar-refractivity contribution >= 4 is 23.4 Å². The summed E-state index contributed by atoms with van der Waals surface area (Å²) in [5.74, 6) is 1.25. The van der Waals surface area contributed by atoms with E-state index < -0.39 is 0 Å². The number of anilines is 1. The molecule has 0 saturated heterocycles. The number of amides is 1. The highest BCUT2D eigenvalue weighted by atomic mass is 32.2. The Hall–Kier alpha value is -3.31. The van der Waals surface area contributed by atoms with Gasteiger partial charge in [0.15, 0.2) is 5.82 Å². The Bertz CT molecular complexity index is 968. The second-order valence-corrected chi connectivity index (χ2v) is 6.69. The molecule has 0 radical (unpaired) electrons. The number of ether oxygens (including phenoxy) is 1. The van der Waals surface area contributed by atoms with Crippen molar-refractivity contribution in [3.63, 3.8) is 0 Å². The summed E-state index contributed by atoms with van der Waals surface area (Å²) in [6.07, 6.45) is 0.229. The molecule has 1 N–H and O–H groups in total. The molecule has 28 heavy (non-hydrogen) atoms. The largest absolute Gasteiger partial charge is 0.495 e. The lowest BCUT2D eigenvalue weighted by molar-refractivity contribution is -0.116. The predicted octanol–water partition coefficient (Wildman–Crippen LogP) is 3.52. The van der Waals surface area contributed by atoms with E-state index in [1.165, 1.54) is 11.8 Å². The maximum Gasteiger partial charge on any atom is 0.237 e. The Balaban J connectivity index is 1.71. The van der Waals surface area contributed by atoms with Gasteiger partial charge >= 0.3 is 0 Å². The molecule has 7 nitrogen and oxygen atoms in total. The van der Waals surface area contributed by atoms with Crippen molar-refractivity contribution in [2.75, 3.05) is 24.3 Å². The standard InChI is InChI=1S/C20H19N5O2S/c1-27-17-11-6-5-10-16(17)25(13-7-12-21)18(26)14-28-20-22-19(23-24-20)15-8-3-2-4-9-15/h2-6,8-11H,7,13-14H2,1H3,(H,22,23,24). The summed E-state index contributed by atoms with van der Waals surface area (Å²) >= 11 is 1.25. The molecule has 0 aliphatic carbocycles. The molecular formula is C20H19N5O2S. The highest BCUT2D eigenvalue weighted by Crippen LogP contribution is 2.29. The number of para-hydroxylation sites is 2. The number of rotatable bonds is 8. The molecule has 0 atom stereocenters. The first-order valence-corrected chi connectivity index (χ1v) is 9.62. The maximum atomic E-state index is 12.8. The second-order valence-electron chi connectivity index (χ2n) is 5.75. The van der Waals surface area contributed by atoms with E-state index in [9.17, 15) is 4.79 Å². The van der Waals surface area contributed by atoms with Gasteiger partial charge in [-0.25, -0.2) is 4.98 Å². The minimum Gasteiger partial charge on any atom is -0.495 e. The third kappa shape index (κ3) is 4.69. The molecule has 0 unspecified atom stereocenters. The van der Waals surface area contributed by atoms with E-state index in [2.05, 4.69) is 21.3 Å². The number of hydrogen-bond acceptors (Lipinski definition) is 6. The van der Waals surface area contributed by atoms with Crippen molar-refractivity contribution in [3.05, 3.63) is 54.6 Å². The van der Waals surface area contributed by atoms with E-state index in [0.717, 1.165) is 5.56 Å². The predicted molar refractivity (Wildman–Crippen MR) is 108 cm³/mol. The molecule has 0 fully saturated rings. The maximum absolute atomic E-state index is 12.8. The van der Waals surface area contributed by atoms with E-state index in [4.69, 9.17) is 10.00 Å². The number of hydrogen-bond donors (Lipinski definition) is 1. The molecule has 0 saturated carbocycles. The van der Waals surface area contributed by atoms with Crippen LogP contribution in [0.15, 0.2) is 59.8 Å². The van der Waals surface area contributed by atoms with Crippen LogP contribution in [-0.2, 0) is 4.79 Å². The summed E-state index contributed by atoms with van der Waals surface area (Å²) in [7, 11) is 1.55. The number of benzene rings is 2. The number of aromatic amines is 1. The first kappa shape index (κ1) is 19.5. The lowest BCUT2D eigenvalue weighted by atomic mass is 10.2. The molecule has 0 aliphatic heterocycles. The number of carbonyl (C=O) groups is 1. The number of thioether (sulfide) groups is 1. The van der Waals surface area contributed by atoms with Gasteiger partial charge in [-0.2, -0.15) is 5.26 Å². The van der Waals surface area contributed by atoms with E-state index in [1.54, 1.807) is 24.1 Å². The van der Waals surface area contributed by atoms with Gasteiger partial charge < -0.3 is 9.64 Å². The van der Waals surface area contributed by atoms with Gasteiger partial charge in [-0.15, -0.1) is 5.10 Å². The Morgan fingerprint density at radius 3 is 2.71 bits per heavy atom. The van der Waals surface area contributed by atoms with E-state index in [-0.39, 0.29) is 18.1 Å². The van der Waals surface area contributed by atoms with Crippen molar-refractivity contribution in [2.45, 2.75) is 11.6 Å². The lowest BCUT2D eigenvalue weighted by Gasteiger charge is -2.23. The summed E-state index contributed by atoms with van der Waals surface area (Å²) in [6.45, 7) is 0.291. The average molecular weight is 393 g/mol. The van der Waals surface area contributed by atoms with Crippen molar-refractivity contribution in [1.29, 1.82) is 5.26 Å². The number of nitriles is 1. The number of H-pyrrole nitrogens is 1. The summed E-state index contributed by atoms with van der Waals surface area (Å²) < 4.78 is 5.36. The fourth-order valence-electron chi connectivity index (χ4n) is 2.63. The number of carbonyl (C=O) groups excluding carboxylic acids is 1. The van der Waals surface area contributed by atoms with Crippen molar-refractivity contribution in [2.24, 2.45) is 0 Å². The fourth-order valence-corrected chi connectivity index (χ4v) is 3.31. The molecule has 1 heterocycles. The molecule has 142 valence electrons. The molecule has 1 aromatic heterocycles. The Morgan fingerprint density at radius 1 is 1.21 bits per heavy atom. The monoisotopic (exact) mass is 393 g/mol. The van der Waals surface area contributed by atoms with Crippen LogP contribution in [0.25, 0.3) is 11.4 Å². The zero-order valence-corrected chi connectivity index (χ0v) is 16.1. The first-order valence-electron chi connectivity index (χ1n) is 8.64. The van der Waals surface area contributed by atoms with Crippen LogP contribution >= 0.6 is 11.8 Å². The quantitative estimate of drug-likeness (QED) is 0.589. The van der Waals surface area contributed by atoms with Crippen molar-refractivity contribution in [1.82, 2.24) is 15.2 Å². The van der Waals surface area contributed by atoms with E-state index in [1.807, 2.05) is 42.5 Å². The van der Waals surface area contributed by atoms with Gasteiger partial charge in [-0.3, -0.25) is 9.89 Å². The molecule has 0 bridgehead atoms. The van der Waals surface area contributed by atoms with Crippen LogP contribution in [0.2, 0.25) is 0 Å². The van der Waals surface area contributed by atoms with Gasteiger partial charge in [0.25, 0.3) is 0 Å². The summed E-state index contributed by atoms with van der Waals surface area (Å²) in [5.41, 5.74) is 1.57. The van der Waals surface area contributed by atoms with Crippen LogP contribution in [0, 0.1) is 11.3 Å². The average Bonchev–Trinajstić information content (AvgIpc) is 3.22. The zero-order valence-electron chi connectivity index (χ0n) is 15.3. The Morgan fingerprint density at radius 2 is 1.96 bits per heavy atom. The molecular weight excluding hydrogens is 374 g/mol. The normalized spacial score (nSPS) is 10.3. The second kappa shape index (κ2) is 9.58. The zero-order chi connectivity index (χ0) is 19.8. The van der Waals surface area contributed by atoms with Crippen LogP contribution in [0.4, 0.5) is 5.69 Å². The number of aromatic nitrogens is 3. The van der Waals surface area contributed by atoms with Crippen LogP contribution in [-0.4, -0.2) is 40.5 Å². The SMILES string of the molecule is COc1ccccc1N(CCC#N)C(=O)CSc1n[nH]c(-c2ccccc2)n1. The van der Waals surface area contributed by atoms with Gasteiger partial charge in [0.2, 0.25) is 11.1 Å². The molecule has 3 aromatic rings. The number of nitrogens with one attached hydrogen (secondary N) is 1. The Labute approximate surface area is 167 Å². The molecule has 3 rings (SSSR count). The summed E-state index contributed by atoms with van der Waals surface area (Å²) in [6, 6.07) is 19.0. The van der Waals surface area contributed by atoms with Gasteiger partial charge in [-0.1, -0.05) is 54.2 Å². The lowest BCUT2D eigenvalue weighted by Crippen LogP contribution is -2.33. The van der Waals surface area contributed by atoms with Crippen molar-refractivity contribution in [3.8, 4) is 23.2 Å².